The SMILES string of the molecule is CCOC1(C(=O)c2ccc(C)c(F)c2F)CCCCC1. The maximum absolute atomic E-state index is 14.0. The number of carbonyl (C=O) groups is 1. The van der Waals surface area contributed by atoms with E-state index >= 15 is 0 Å². The standard InChI is InChI=1S/C16H20F2O2/c1-3-20-16(9-5-4-6-10-16)15(19)12-8-7-11(2)13(17)14(12)18/h7-8H,3-6,9-10H2,1-2H3. The zero-order valence-electron chi connectivity index (χ0n) is 12.0. The van der Waals surface area contributed by atoms with Crippen LogP contribution in [0.2, 0.25) is 0 Å². The highest BCUT2D eigenvalue weighted by Gasteiger charge is 2.42. The van der Waals surface area contributed by atoms with E-state index in [4.69, 9.17) is 4.74 Å². The predicted molar refractivity (Wildman–Crippen MR) is 72.9 cm³/mol. The van der Waals surface area contributed by atoms with Gasteiger partial charge in [-0.3, -0.25) is 4.79 Å². The summed E-state index contributed by atoms with van der Waals surface area (Å²) in [5.41, 5.74) is -0.966. The minimum Gasteiger partial charge on any atom is -0.367 e. The fourth-order valence-corrected chi connectivity index (χ4v) is 2.90. The van der Waals surface area contributed by atoms with Gasteiger partial charge in [-0.2, -0.15) is 0 Å². The molecule has 4 heteroatoms. The molecular formula is C16H20F2O2. The van der Waals surface area contributed by atoms with E-state index in [1.54, 1.807) is 0 Å². The van der Waals surface area contributed by atoms with Crippen LogP contribution < -0.4 is 0 Å². The number of hydrogen-bond acceptors (Lipinski definition) is 2. The molecule has 1 aliphatic carbocycles. The van der Waals surface area contributed by atoms with Crippen LogP contribution in [0.4, 0.5) is 8.78 Å². The maximum Gasteiger partial charge on any atom is 0.197 e. The summed E-state index contributed by atoms with van der Waals surface area (Å²) in [6.45, 7) is 3.68. The van der Waals surface area contributed by atoms with Crippen molar-refractivity contribution in [1.29, 1.82) is 0 Å². The molecule has 0 aromatic heterocycles. The van der Waals surface area contributed by atoms with Crippen LogP contribution in [0.3, 0.4) is 0 Å². The van der Waals surface area contributed by atoms with E-state index in [9.17, 15) is 13.6 Å². The second-order valence-corrected chi connectivity index (χ2v) is 5.38. The molecule has 0 bridgehead atoms. The van der Waals surface area contributed by atoms with Crippen LogP contribution in [0.5, 0.6) is 0 Å². The lowest BCUT2D eigenvalue weighted by Gasteiger charge is -2.35. The van der Waals surface area contributed by atoms with Crippen molar-refractivity contribution < 1.29 is 18.3 Å². The van der Waals surface area contributed by atoms with Gasteiger partial charge in [0, 0.05) is 6.61 Å². The van der Waals surface area contributed by atoms with Gasteiger partial charge >= 0.3 is 0 Å². The van der Waals surface area contributed by atoms with E-state index in [2.05, 4.69) is 0 Å². The first kappa shape index (κ1) is 15.1. The molecule has 1 saturated carbocycles. The number of halogens is 2. The Kier molecular flexibility index (Phi) is 4.53. The van der Waals surface area contributed by atoms with Crippen molar-refractivity contribution in [3.63, 3.8) is 0 Å². The molecule has 0 N–H and O–H groups in total. The Bertz CT molecular complexity index is 500. The summed E-state index contributed by atoms with van der Waals surface area (Å²) in [5, 5.41) is 0. The van der Waals surface area contributed by atoms with Gasteiger partial charge in [-0.25, -0.2) is 8.78 Å². The molecule has 1 aliphatic rings. The summed E-state index contributed by atoms with van der Waals surface area (Å²) in [6.07, 6.45) is 3.96. The third-order valence-electron chi connectivity index (χ3n) is 4.02. The molecule has 1 fully saturated rings. The molecule has 110 valence electrons. The fraction of sp³-hybridized carbons (Fsp3) is 0.562. The second kappa shape index (κ2) is 6.00. The largest absolute Gasteiger partial charge is 0.367 e. The Balaban J connectivity index is 2.40. The average molecular weight is 282 g/mol. The third kappa shape index (κ3) is 2.62. The molecule has 1 aromatic carbocycles. The highest BCUT2D eigenvalue weighted by molar-refractivity contribution is 6.02. The maximum atomic E-state index is 14.0. The number of rotatable bonds is 4. The van der Waals surface area contributed by atoms with E-state index < -0.39 is 23.0 Å². The first-order chi connectivity index (χ1) is 9.52. The van der Waals surface area contributed by atoms with Gasteiger partial charge in [-0.1, -0.05) is 25.3 Å². The monoisotopic (exact) mass is 282 g/mol. The number of ketones is 1. The summed E-state index contributed by atoms with van der Waals surface area (Å²) in [7, 11) is 0. The van der Waals surface area contributed by atoms with E-state index in [1.165, 1.54) is 19.1 Å². The third-order valence-corrected chi connectivity index (χ3v) is 4.02. The summed E-state index contributed by atoms with van der Waals surface area (Å²) in [5.74, 6) is -2.42. The number of hydrogen-bond donors (Lipinski definition) is 0. The molecule has 0 saturated heterocycles. The lowest BCUT2D eigenvalue weighted by Crippen LogP contribution is -2.44. The van der Waals surface area contributed by atoms with Gasteiger partial charge in [-0.05, 0) is 38.3 Å². The normalized spacial score (nSPS) is 18.0. The first-order valence-electron chi connectivity index (χ1n) is 7.15. The molecule has 1 aromatic rings. The van der Waals surface area contributed by atoms with Crippen LogP contribution in [-0.2, 0) is 4.74 Å². The molecule has 0 heterocycles. The van der Waals surface area contributed by atoms with Gasteiger partial charge in [0.1, 0.15) is 5.60 Å². The molecule has 0 unspecified atom stereocenters. The van der Waals surface area contributed by atoms with Crippen LogP contribution in [0.25, 0.3) is 0 Å². The zero-order chi connectivity index (χ0) is 14.8. The first-order valence-corrected chi connectivity index (χ1v) is 7.15. The van der Waals surface area contributed by atoms with Crippen LogP contribution >= 0.6 is 0 Å². The smallest absolute Gasteiger partial charge is 0.197 e. The molecule has 0 aliphatic heterocycles. The van der Waals surface area contributed by atoms with E-state index in [0.29, 0.717) is 19.4 Å². The van der Waals surface area contributed by atoms with Crippen LogP contribution in [0, 0.1) is 18.6 Å². The van der Waals surface area contributed by atoms with Crippen molar-refractivity contribution in [3.8, 4) is 0 Å². The average Bonchev–Trinajstić information content (AvgIpc) is 2.46. The summed E-state index contributed by atoms with van der Waals surface area (Å²) >= 11 is 0. The molecule has 0 spiro atoms. The molecule has 0 atom stereocenters. The van der Waals surface area contributed by atoms with Crippen molar-refractivity contribution in [2.24, 2.45) is 0 Å². The second-order valence-electron chi connectivity index (χ2n) is 5.38. The lowest BCUT2D eigenvalue weighted by molar-refractivity contribution is -0.0413. The lowest BCUT2D eigenvalue weighted by atomic mass is 9.79. The summed E-state index contributed by atoms with van der Waals surface area (Å²) < 4.78 is 33.4. The molecule has 0 radical (unpaired) electrons. The summed E-state index contributed by atoms with van der Waals surface area (Å²) in [6, 6.07) is 2.81. The molecule has 0 amide bonds. The minimum atomic E-state index is -1.06. The van der Waals surface area contributed by atoms with Crippen molar-refractivity contribution in [2.45, 2.75) is 51.6 Å². The Labute approximate surface area is 118 Å². The number of carbonyl (C=O) groups excluding carboxylic acids is 1. The van der Waals surface area contributed by atoms with Gasteiger partial charge in [0.05, 0.1) is 5.56 Å². The fourth-order valence-electron chi connectivity index (χ4n) is 2.90. The van der Waals surface area contributed by atoms with Crippen molar-refractivity contribution in [2.75, 3.05) is 6.61 Å². The Morgan fingerprint density at radius 2 is 1.85 bits per heavy atom. The van der Waals surface area contributed by atoms with Crippen LogP contribution in [0.15, 0.2) is 12.1 Å². The van der Waals surface area contributed by atoms with Gasteiger partial charge in [0.2, 0.25) is 0 Å². The molecule has 20 heavy (non-hydrogen) atoms. The van der Waals surface area contributed by atoms with Crippen LogP contribution in [-0.4, -0.2) is 18.0 Å². The van der Waals surface area contributed by atoms with Gasteiger partial charge < -0.3 is 4.74 Å². The number of ether oxygens (including phenoxy) is 1. The number of aryl methyl sites for hydroxylation is 1. The van der Waals surface area contributed by atoms with E-state index in [0.717, 1.165) is 19.3 Å². The Morgan fingerprint density at radius 3 is 2.45 bits per heavy atom. The van der Waals surface area contributed by atoms with Gasteiger partial charge in [0.15, 0.2) is 17.4 Å². The number of Topliss-reactive ketones (excluding diaryl/α,β-unsaturated/α-hetero) is 1. The van der Waals surface area contributed by atoms with Crippen molar-refractivity contribution in [3.05, 3.63) is 34.9 Å². The summed E-state index contributed by atoms with van der Waals surface area (Å²) in [4.78, 5) is 12.7. The quantitative estimate of drug-likeness (QED) is 0.774. The van der Waals surface area contributed by atoms with Crippen LogP contribution in [0.1, 0.15) is 54.9 Å². The van der Waals surface area contributed by atoms with E-state index in [-0.39, 0.29) is 11.1 Å². The Morgan fingerprint density at radius 1 is 1.20 bits per heavy atom. The highest BCUT2D eigenvalue weighted by atomic mass is 19.2. The number of benzene rings is 1. The molecular weight excluding hydrogens is 262 g/mol. The zero-order valence-corrected chi connectivity index (χ0v) is 12.0. The molecule has 2 nitrogen and oxygen atoms in total. The molecule has 2 rings (SSSR count). The van der Waals surface area contributed by atoms with Gasteiger partial charge in [0.25, 0.3) is 0 Å². The topological polar surface area (TPSA) is 26.3 Å². The Hall–Kier alpha value is -1.29. The van der Waals surface area contributed by atoms with Gasteiger partial charge in [-0.15, -0.1) is 0 Å². The van der Waals surface area contributed by atoms with Crippen molar-refractivity contribution >= 4 is 5.78 Å². The highest BCUT2D eigenvalue weighted by Crippen LogP contribution is 2.35. The predicted octanol–water partition coefficient (Wildman–Crippen LogP) is 4.20. The van der Waals surface area contributed by atoms with Crippen molar-refractivity contribution in [1.82, 2.24) is 0 Å². The van der Waals surface area contributed by atoms with E-state index in [1.807, 2.05) is 6.92 Å². The minimum absolute atomic E-state index is 0.191.